The molecule has 25 heavy (non-hydrogen) atoms. The Bertz CT molecular complexity index is 790. The highest BCUT2D eigenvalue weighted by Crippen LogP contribution is 2.19. The van der Waals surface area contributed by atoms with Crippen molar-refractivity contribution in [1.82, 2.24) is 10.4 Å². The third kappa shape index (κ3) is 4.08. The number of carbonyl (C=O) groups excluding carboxylic acids is 2. The van der Waals surface area contributed by atoms with Crippen LogP contribution in [-0.4, -0.2) is 22.4 Å². The van der Waals surface area contributed by atoms with Crippen LogP contribution in [0.1, 0.15) is 58.2 Å². The average molecular weight is 338 g/mol. The minimum atomic E-state index is -0.559. The number of hydrogen-bond acceptors (Lipinski definition) is 2. The molecule has 0 fully saturated rings. The Balaban J connectivity index is 2.34. The number of nitrogens with one attached hydrogen (secondary N) is 1. The quantitative estimate of drug-likeness (QED) is 0.835. The summed E-state index contributed by atoms with van der Waals surface area (Å²) in [5.41, 5.74) is 6.52. The van der Waals surface area contributed by atoms with Gasteiger partial charge in [-0.05, 0) is 76.4 Å². The fraction of sp³-hybridized carbons (Fsp3) is 0.333. The van der Waals surface area contributed by atoms with Gasteiger partial charge < -0.3 is 0 Å². The Labute approximate surface area is 149 Å². The van der Waals surface area contributed by atoms with E-state index in [9.17, 15) is 9.59 Å². The summed E-state index contributed by atoms with van der Waals surface area (Å²) in [5.74, 6) is -0.511. The van der Waals surface area contributed by atoms with E-state index in [1.165, 1.54) is 5.01 Å². The van der Waals surface area contributed by atoms with Crippen LogP contribution in [0.5, 0.6) is 0 Å². The van der Waals surface area contributed by atoms with Crippen molar-refractivity contribution in [3.63, 3.8) is 0 Å². The summed E-state index contributed by atoms with van der Waals surface area (Å²) in [6.45, 7) is 11.6. The van der Waals surface area contributed by atoms with Crippen LogP contribution in [-0.2, 0) is 0 Å². The maximum absolute atomic E-state index is 12.9. The summed E-state index contributed by atoms with van der Waals surface area (Å²) in [4.78, 5) is 25.7. The molecule has 0 radical (unpaired) electrons. The third-order valence-electron chi connectivity index (χ3n) is 4.41. The summed E-state index contributed by atoms with van der Waals surface area (Å²) >= 11 is 0. The zero-order valence-electron chi connectivity index (χ0n) is 15.8. The Morgan fingerprint density at radius 3 is 2.04 bits per heavy atom. The van der Waals surface area contributed by atoms with Crippen LogP contribution in [0.15, 0.2) is 42.5 Å². The van der Waals surface area contributed by atoms with Gasteiger partial charge >= 0.3 is 0 Å². The minimum Gasteiger partial charge on any atom is -0.267 e. The van der Waals surface area contributed by atoms with Gasteiger partial charge in [0.05, 0.1) is 5.54 Å². The first-order valence-electron chi connectivity index (χ1n) is 8.40. The van der Waals surface area contributed by atoms with E-state index in [0.29, 0.717) is 11.1 Å². The van der Waals surface area contributed by atoms with Crippen LogP contribution in [0.3, 0.4) is 0 Å². The lowest BCUT2D eigenvalue weighted by atomic mass is 9.98. The van der Waals surface area contributed by atoms with Gasteiger partial charge in [0.25, 0.3) is 11.8 Å². The molecule has 4 heteroatoms. The topological polar surface area (TPSA) is 49.4 Å². The number of benzene rings is 2. The lowest BCUT2D eigenvalue weighted by Gasteiger charge is -2.35. The van der Waals surface area contributed by atoms with E-state index in [2.05, 4.69) is 5.43 Å². The molecule has 0 saturated heterocycles. The van der Waals surface area contributed by atoms with Crippen LogP contribution in [0.25, 0.3) is 0 Å². The standard InChI is InChI=1S/C21H26N2O2/c1-14-12-13-18(16(3)15(14)2)19(24)22-23(21(4,5)6)20(25)17-10-8-7-9-11-17/h7-13H,1-6H3,(H,22,24). The first-order chi connectivity index (χ1) is 11.6. The van der Waals surface area contributed by atoms with Crippen molar-refractivity contribution in [3.05, 3.63) is 70.3 Å². The van der Waals surface area contributed by atoms with Crippen LogP contribution in [0.4, 0.5) is 0 Å². The Hall–Kier alpha value is -2.62. The van der Waals surface area contributed by atoms with Gasteiger partial charge in [0, 0.05) is 11.1 Å². The summed E-state index contributed by atoms with van der Waals surface area (Å²) in [6.07, 6.45) is 0. The van der Waals surface area contributed by atoms with Gasteiger partial charge in [0.2, 0.25) is 0 Å². The molecule has 132 valence electrons. The van der Waals surface area contributed by atoms with Gasteiger partial charge in [-0.3, -0.25) is 15.0 Å². The lowest BCUT2D eigenvalue weighted by Crippen LogP contribution is -2.56. The number of amides is 2. The molecular formula is C21H26N2O2. The normalized spacial score (nSPS) is 11.1. The predicted octanol–water partition coefficient (Wildman–Crippen LogP) is 4.20. The van der Waals surface area contributed by atoms with Crippen molar-refractivity contribution in [2.45, 2.75) is 47.1 Å². The van der Waals surface area contributed by atoms with Crippen LogP contribution in [0.2, 0.25) is 0 Å². The molecule has 2 rings (SSSR count). The van der Waals surface area contributed by atoms with Crippen molar-refractivity contribution in [3.8, 4) is 0 Å². The predicted molar refractivity (Wildman–Crippen MR) is 100 cm³/mol. The first-order valence-corrected chi connectivity index (χ1v) is 8.40. The van der Waals surface area contributed by atoms with Crippen LogP contribution in [0, 0.1) is 20.8 Å². The SMILES string of the molecule is Cc1ccc(C(=O)NN(C(=O)c2ccccc2)C(C)(C)C)c(C)c1C. The molecule has 0 unspecified atom stereocenters. The largest absolute Gasteiger partial charge is 0.272 e. The lowest BCUT2D eigenvalue weighted by molar-refractivity contribution is 0.0358. The number of carbonyl (C=O) groups is 2. The van der Waals surface area contributed by atoms with E-state index < -0.39 is 5.54 Å². The zero-order chi connectivity index (χ0) is 18.8. The van der Waals surface area contributed by atoms with Crippen molar-refractivity contribution >= 4 is 11.8 Å². The number of rotatable bonds is 2. The second-order valence-electron chi connectivity index (χ2n) is 7.30. The van der Waals surface area contributed by atoms with Crippen molar-refractivity contribution in [2.75, 3.05) is 0 Å². The molecule has 4 nitrogen and oxygen atoms in total. The van der Waals surface area contributed by atoms with E-state index in [4.69, 9.17) is 0 Å². The van der Waals surface area contributed by atoms with Gasteiger partial charge in [0.15, 0.2) is 0 Å². The minimum absolute atomic E-state index is 0.233. The Morgan fingerprint density at radius 1 is 0.880 bits per heavy atom. The van der Waals surface area contributed by atoms with Gasteiger partial charge in [0.1, 0.15) is 0 Å². The molecule has 0 aliphatic carbocycles. The van der Waals surface area contributed by atoms with E-state index in [1.54, 1.807) is 18.2 Å². The molecule has 0 saturated carbocycles. The highest BCUT2D eigenvalue weighted by molar-refractivity contribution is 6.00. The molecule has 0 atom stereocenters. The highest BCUT2D eigenvalue weighted by Gasteiger charge is 2.30. The molecule has 0 aliphatic heterocycles. The molecule has 0 spiro atoms. The number of nitrogens with zero attached hydrogens (tertiary/aromatic N) is 1. The van der Waals surface area contributed by atoms with Gasteiger partial charge in [-0.2, -0.15) is 0 Å². The maximum Gasteiger partial charge on any atom is 0.272 e. The highest BCUT2D eigenvalue weighted by atomic mass is 16.2. The second kappa shape index (κ2) is 7.09. The molecule has 0 heterocycles. The maximum atomic E-state index is 12.9. The molecule has 0 bridgehead atoms. The smallest absolute Gasteiger partial charge is 0.267 e. The summed E-state index contributed by atoms with van der Waals surface area (Å²) in [7, 11) is 0. The number of hydrazine groups is 1. The van der Waals surface area contributed by atoms with E-state index in [0.717, 1.165) is 16.7 Å². The van der Waals surface area contributed by atoms with Gasteiger partial charge in [-0.25, -0.2) is 5.01 Å². The monoisotopic (exact) mass is 338 g/mol. The zero-order valence-corrected chi connectivity index (χ0v) is 15.8. The Kier molecular flexibility index (Phi) is 5.31. The molecule has 0 aliphatic rings. The van der Waals surface area contributed by atoms with Crippen molar-refractivity contribution in [1.29, 1.82) is 0 Å². The van der Waals surface area contributed by atoms with Gasteiger partial charge in [-0.1, -0.05) is 24.3 Å². The first kappa shape index (κ1) is 18.7. The summed E-state index contributed by atoms with van der Waals surface area (Å²) in [6, 6.07) is 12.7. The third-order valence-corrected chi connectivity index (χ3v) is 4.41. The molecule has 1 N–H and O–H groups in total. The molecular weight excluding hydrogens is 312 g/mol. The molecule has 2 aromatic rings. The summed E-state index contributed by atoms with van der Waals surface area (Å²) < 4.78 is 0. The van der Waals surface area contributed by atoms with E-state index >= 15 is 0 Å². The average Bonchev–Trinajstić information content (AvgIpc) is 2.56. The molecule has 2 aromatic carbocycles. The van der Waals surface area contributed by atoms with Gasteiger partial charge in [-0.15, -0.1) is 0 Å². The van der Waals surface area contributed by atoms with Crippen molar-refractivity contribution < 1.29 is 9.59 Å². The molecule has 0 aromatic heterocycles. The van der Waals surface area contributed by atoms with E-state index in [1.807, 2.05) is 65.8 Å². The summed E-state index contributed by atoms with van der Waals surface area (Å²) in [5, 5.41) is 1.40. The second-order valence-corrected chi connectivity index (χ2v) is 7.30. The number of aryl methyl sites for hydroxylation is 1. The molecule has 2 amide bonds. The van der Waals surface area contributed by atoms with E-state index in [-0.39, 0.29) is 11.8 Å². The van der Waals surface area contributed by atoms with Crippen LogP contribution < -0.4 is 5.43 Å². The fourth-order valence-electron chi connectivity index (χ4n) is 2.60. The van der Waals surface area contributed by atoms with Crippen molar-refractivity contribution in [2.24, 2.45) is 0 Å². The fourth-order valence-corrected chi connectivity index (χ4v) is 2.60. The van der Waals surface area contributed by atoms with Crippen LogP contribution >= 0.6 is 0 Å². The Morgan fingerprint density at radius 2 is 1.48 bits per heavy atom. The number of hydrogen-bond donors (Lipinski definition) is 1.